The van der Waals surface area contributed by atoms with Gasteiger partial charge in [-0.2, -0.15) is 0 Å². The number of carbonyl (C=O) groups is 1. The van der Waals surface area contributed by atoms with Crippen LogP contribution in [0.3, 0.4) is 0 Å². The summed E-state index contributed by atoms with van der Waals surface area (Å²) in [5.41, 5.74) is 11.0. The van der Waals surface area contributed by atoms with E-state index in [4.69, 9.17) is 11.5 Å². The number of nitrogens with one attached hydrogen (secondary N) is 1. The lowest BCUT2D eigenvalue weighted by molar-refractivity contribution is 0.100. The summed E-state index contributed by atoms with van der Waals surface area (Å²) in [5, 5.41) is 2.56. The highest BCUT2D eigenvalue weighted by Gasteiger charge is 2.12. The van der Waals surface area contributed by atoms with Crippen molar-refractivity contribution in [3.05, 3.63) is 52.0 Å². The Balaban J connectivity index is 2.41. The first-order chi connectivity index (χ1) is 9.38. The van der Waals surface area contributed by atoms with E-state index < -0.39 is 17.5 Å². The van der Waals surface area contributed by atoms with Gasteiger partial charge in [0.1, 0.15) is 5.69 Å². The molecule has 2 aromatic carbocycles. The number of hydrogen-bond acceptors (Lipinski definition) is 3. The zero-order valence-corrected chi connectivity index (χ0v) is 11.7. The van der Waals surface area contributed by atoms with Crippen LogP contribution in [0.25, 0.3) is 0 Å². The first-order valence-electron chi connectivity index (χ1n) is 5.49. The maximum absolute atomic E-state index is 13.7. The fourth-order valence-electron chi connectivity index (χ4n) is 1.65. The van der Waals surface area contributed by atoms with Gasteiger partial charge < -0.3 is 16.8 Å². The molecule has 104 valence electrons. The Bertz CT molecular complexity index is 668. The summed E-state index contributed by atoms with van der Waals surface area (Å²) in [6, 6.07) is 6.49. The maximum atomic E-state index is 13.7. The minimum atomic E-state index is -0.769. The third-order valence-electron chi connectivity index (χ3n) is 2.59. The molecular formula is C13H10BrF2N3O. The predicted octanol–water partition coefficient (Wildman–Crippen LogP) is 3.15. The van der Waals surface area contributed by atoms with E-state index in [9.17, 15) is 13.6 Å². The van der Waals surface area contributed by atoms with E-state index in [-0.39, 0.29) is 21.4 Å². The van der Waals surface area contributed by atoms with E-state index in [0.29, 0.717) is 5.69 Å². The predicted molar refractivity (Wildman–Crippen MR) is 76.7 cm³/mol. The monoisotopic (exact) mass is 341 g/mol. The minimum absolute atomic E-state index is 0.0768. The van der Waals surface area contributed by atoms with Crippen molar-refractivity contribution in [2.24, 2.45) is 5.73 Å². The molecule has 0 saturated carbocycles. The number of anilines is 3. The van der Waals surface area contributed by atoms with E-state index in [1.807, 2.05) is 0 Å². The van der Waals surface area contributed by atoms with Crippen molar-refractivity contribution in [1.29, 1.82) is 0 Å². The molecule has 4 nitrogen and oxygen atoms in total. The molecule has 0 saturated heterocycles. The van der Waals surface area contributed by atoms with Gasteiger partial charge >= 0.3 is 0 Å². The van der Waals surface area contributed by atoms with Crippen molar-refractivity contribution >= 4 is 38.9 Å². The van der Waals surface area contributed by atoms with Crippen molar-refractivity contribution in [3.63, 3.8) is 0 Å². The third kappa shape index (κ3) is 2.88. The molecule has 0 atom stereocenters. The molecule has 0 aliphatic heterocycles. The van der Waals surface area contributed by atoms with E-state index in [1.54, 1.807) is 0 Å². The maximum Gasteiger partial charge on any atom is 0.250 e. The molecule has 0 heterocycles. The second-order valence-corrected chi connectivity index (χ2v) is 4.95. The van der Waals surface area contributed by atoms with Crippen LogP contribution in [-0.4, -0.2) is 5.91 Å². The number of amides is 1. The summed E-state index contributed by atoms with van der Waals surface area (Å²) in [6.07, 6.45) is 0. The van der Waals surface area contributed by atoms with Crippen LogP contribution in [0, 0.1) is 11.6 Å². The van der Waals surface area contributed by atoms with Crippen LogP contribution in [0.5, 0.6) is 0 Å². The Morgan fingerprint density at radius 1 is 1.15 bits per heavy atom. The molecule has 2 rings (SSSR count). The lowest BCUT2D eigenvalue weighted by atomic mass is 10.1. The van der Waals surface area contributed by atoms with Gasteiger partial charge in [0.25, 0.3) is 5.91 Å². The first kappa shape index (κ1) is 14.3. The van der Waals surface area contributed by atoms with Crippen molar-refractivity contribution < 1.29 is 13.6 Å². The number of primary amides is 1. The van der Waals surface area contributed by atoms with Gasteiger partial charge in [0.15, 0.2) is 11.6 Å². The van der Waals surface area contributed by atoms with Gasteiger partial charge in [-0.15, -0.1) is 0 Å². The fourth-order valence-corrected chi connectivity index (χ4v) is 2.06. The average molecular weight is 342 g/mol. The zero-order chi connectivity index (χ0) is 14.9. The zero-order valence-electron chi connectivity index (χ0n) is 10.1. The molecule has 2 aromatic rings. The number of nitrogen functional groups attached to an aromatic ring is 1. The Labute approximate surface area is 121 Å². The van der Waals surface area contributed by atoms with Crippen LogP contribution in [0.2, 0.25) is 0 Å². The number of benzene rings is 2. The molecule has 20 heavy (non-hydrogen) atoms. The summed E-state index contributed by atoms with van der Waals surface area (Å²) in [4.78, 5) is 11.2. The molecule has 0 spiro atoms. The van der Waals surface area contributed by atoms with Gasteiger partial charge in [-0.25, -0.2) is 8.78 Å². The molecule has 5 N–H and O–H groups in total. The molecule has 0 aliphatic rings. The van der Waals surface area contributed by atoms with Crippen molar-refractivity contribution in [1.82, 2.24) is 0 Å². The SMILES string of the molecule is NC(=O)c1cc(Nc2c(F)cc(Br)cc2F)ccc1N. The van der Waals surface area contributed by atoms with Crippen LogP contribution in [0.4, 0.5) is 25.8 Å². The van der Waals surface area contributed by atoms with E-state index >= 15 is 0 Å². The van der Waals surface area contributed by atoms with E-state index in [1.165, 1.54) is 18.2 Å². The molecule has 0 radical (unpaired) electrons. The van der Waals surface area contributed by atoms with Crippen LogP contribution < -0.4 is 16.8 Å². The molecule has 0 bridgehead atoms. The molecule has 0 aromatic heterocycles. The van der Waals surface area contributed by atoms with Gasteiger partial charge in [-0.1, -0.05) is 15.9 Å². The Hall–Kier alpha value is -2.15. The molecule has 1 amide bonds. The quantitative estimate of drug-likeness (QED) is 0.750. The van der Waals surface area contributed by atoms with Gasteiger partial charge in [0.2, 0.25) is 0 Å². The highest BCUT2D eigenvalue weighted by molar-refractivity contribution is 9.10. The van der Waals surface area contributed by atoms with Gasteiger partial charge in [0.05, 0.1) is 5.56 Å². The lowest BCUT2D eigenvalue weighted by Crippen LogP contribution is -2.13. The fraction of sp³-hybridized carbons (Fsp3) is 0. The topological polar surface area (TPSA) is 81.1 Å². The average Bonchev–Trinajstić information content (AvgIpc) is 2.35. The first-order valence-corrected chi connectivity index (χ1v) is 6.28. The summed E-state index contributed by atoms with van der Waals surface area (Å²) in [6.45, 7) is 0. The molecule has 0 fully saturated rings. The Morgan fingerprint density at radius 2 is 1.75 bits per heavy atom. The van der Waals surface area contributed by atoms with Gasteiger partial charge in [-0.05, 0) is 30.3 Å². The van der Waals surface area contributed by atoms with Crippen molar-refractivity contribution in [2.75, 3.05) is 11.1 Å². The standard InChI is InChI=1S/C13H10BrF2N3O/c14-6-3-9(15)12(10(16)4-6)19-7-1-2-11(17)8(5-7)13(18)20/h1-5,19H,17H2,(H2,18,20). The third-order valence-corrected chi connectivity index (χ3v) is 3.05. The summed E-state index contributed by atoms with van der Waals surface area (Å²) in [5.74, 6) is -2.26. The number of carbonyl (C=O) groups excluding carboxylic acids is 1. The minimum Gasteiger partial charge on any atom is -0.398 e. The Morgan fingerprint density at radius 3 is 2.30 bits per heavy atom. The number of hydrogen-bond donors (Lipinski definition) is 3. The van der Waals surface area contributed by atoms with Crippen LogP contribution >= 0.6 is 15.9 Å². The van der Waals surface area contributed by atoms with Gasteiger partial charge in [0, 0.05) is 15.8 Å². The van der Waals surface area contributed by atoms with Crippen LogP contribution in [-0.2, 0) is 0 Å². The summed E-state index contributed by atoms with van der Waals surface area (Å²) in [7, 11) is 0. The van der Waals surface area contributed by atoms with Gasteiger partial charge in [-0.3, -0.25) is 4.79 Å². The van der Waals surface area contributed by atoms with Crippen molar-refractivity contribution in [3.8, 4) is 0 Å². The number of halogens is 3. The number of rotatable bonds is 3. The summed E-state index contributed by atoms with van der Waals surface area (Å²) < 4.78 is 27.7. The molecule has 7 heteroatoms. The molecule has 0 aliphatic carbocycles. The van der Waals surface area contributed by atoms with Crippen molar-refractivity contribution in [2.45, 2.75) is 0 Å². The van der Waals surface area contributed by atoms with E-state index in [0.717, 1.165) is 12.1 Å². The molecule has 0 unspecified atom stereocenters. The highest BCUT2D eigenvalue weighted by Crippen LogP contribution is 2.28. The number of nitrogens with two attached hydrogens (primary N) is 2. The summed E-state index contributed by atoms with van der Waals surface area (Å²) >= 11 is 2.99. The largest absolute Gasteiger partial charge is 0.398 e. The van der Waals surface area contributed by atoms with Crippen LogP contribution in [0.1, 0.15) is 10.4 Å². The smallest absolute Gasteiger partial charge is 0.250 e. The van der Waals surface area contributed by atoms with E-state index in [2.05, 4.69) is 21.2 Å². The normalized spacial score (nSPS) is 10.3. The Kier molecular flexibility index (Phi) is 3.89. The second kappa shape index (κ2) is 5.46. The highest BCUT2D eigenvalue weighted by atomic mass is 79.9. The second-order valence-electron chi connectivity index (χ2n) is 4.04. The van der Waals surface area contributed by atoms with Crippen LogP contribution in [0.15, 0.2) is 34.8 Å². The lowest BCUT2D eigenvalue weighted by Gasteiger charge is -2.11. The molecular weight excluding hydrogens is 332 g/mol.